The average Bonchev–Trinajstić information content (AvgIpc) is 2.99. The van der Waals surface area contributed by atoms with Crippen molar-refractivity contribution < 1.29 is 37.1 Å². The molecule has 9 nitrogen and oxygen atoms in total. The van der Waals surface area contributed by atoms with Crippen molar-refractivity contribution >= 4 is 29.0 Å². The van der Waals surface area contributed by atoms with Crippen LogP contribution < -0.4 is 24.8 Å². The van der Waals surface area contributed by atoms with Gasteiger partial charge in [0.15, 0.2) is 11.5 Å². The Kier molecular flexibility index (Phi) is 5.05. The molecular formula is C16H11ClF3N3O6. The third-order valence-electron chi connectivity index (χ3n) is 3.71. The highest BCUT2D eigenvalue weighted by Gasteiger charge is 2.65. The van der Waals surface area contributed by atoms with Crippen molar-refractivity contribution in [3.05, 3.63) is 51.5 Å². The van der Waals surface area contributed by atoms with Gasteiger partial charge in [-0.2, -0.15) is 13.2 Å². The summed E-state index contributed by atoms with van der Waals surface area (Å²) in [5.41, 5.74) is -0.458. The first kappa shape index (κ1) is 20.3. The van der Waals surface area contributed by atoms with Crippen LogP contribution >= 0.6 is 11.6 Å². The minimum Gasteiger partial charge on any atom is -0.494 e. The number of hydrogen-bond donors (Lipinski definition) is 2. The maximum Gasteiger partial charge on any atom is 0.492 e. The molecule has 1 aliphatic heterocycles. The minimum atomic E-state index is -5.17. The number of benzene rings is 2. The fraction of sp³-hybridized carbons (Fsp3) is 0.188. The van der Waals surface area contributed by atoms with Crippen molar-refractivity contribution in [2.45, 2.75) is 12.1 Å². The van der Waals surface area contributed by atoms with Gasteiger partial charge in [-0.05, 0) is 18.2 Å². The first-order valence-corrected chi connectivity index (χ1v) is 8.08. The summed E-state index contributed by atoms with van der Waals surface area (Å²) >= 11 is 5.73. The predicted octanol–water partition coefficient (Wildman–Crippen LogP) is 4.07. The number of carbonyl (C=O) groups excluding carboxylic acids is 1. The SMILES string of the molecule is COc1cc([N+](=O)[O-])ccc1NC(=O)NC1(C(F)(F)F)Oc2ccc(Cl)cc2O1. The van der Waals surface area contributed by atoms with Gasteiger partial charge in [0, 0.05) is 17.2 Å². The molecule has 154 valence electrons. The first-order chi connectivity index (χ1) is 13.5. The van der Waals surface area contributed by atoms with Crippen molar-refractivity contribution in [1.82, 2.24) is 5.32 Å². The highest BCUT2D eigenvalue weighted by Crippen LogP contribution is 2.46. The van der Waals surface area contributed by atoms with Crippen LogP contribution in [0.4, 0.5) is 29.3 Å². The number of carbonyl (C=O) groups is 1. The van der Waals surface area contributed by atoms with Crippen LogP contribution in [0.2, 0.25) is 5.02 Å². The molecule has 1 atom stereocenters. The van der Waals surface area contributed by atoms with E-state index in [0.717, 1.165) is 30.3 Å². The molecular weight excluding hydrogens is 423 g/mol. The lowest BCUT2D eigenvalue weighted by Crippen LogP contribution is -2.65. The summed E-state index contributed by atoms with van der Waals surface area (Å²) < 4.78 is 55.5. The molecule has 2 aromatic rings. The number of hydrogen-bond acceptors (Lipinski definition) is 6. The Balaban J connectivity index is 1.84. The fourth-order valence-electron chi connectivity index (χ4n) is 2.41. The number of nitro groups is 1. The third kappa shape index (κ3) is 3.92. The van der Waals surface area contributed by atoms with E-state index in [-0.39, 0.29) is 33.6 Å². The molecule has 0 fully saturated rings. The van der Waals surface area contributed by atoms with Crippen LogP contribution in [0.15, 0.2) is 36.4 Å². The second-order valence-electron chi connectivity index (χ2n) is 5.63. The van der Waals surface area contributed by atoms with E-state index in [1.54, 1.807) is 5.32 Å². The molecule has 0 radical (unpaired) electrons. The number of amides is 2. The van der Waals surface area contributed by atoms with Gasteiger partial charge in [-0.25, -0.2) is 4.79 Å². The van der Waals surface area contributed by atoms with Crippen LogP contribution in [0, 0.1) is 10.1 Å². The lowest BCUT2D eigenvalue weighted by atomic mass is 10.2. The van der Waals surface area contributed by atoms with Crippen molar-refractivity contribution in [3.63, 3.8) is 0 Å². The average molecular weight is 434 g/mol. The van der Waals surface area contributed by atoms with Gasteiger partial charge in [0.2, 0.25) is 0 Å². The van der Waals surface area contributed by atoms with Crippen molar-refractivity contribution in [2.24, 2.45) is 0 Å². The number of anilines is 1. The molecule has 0 saturated heterocycles. The highest BCUT2D eigenvalue weighted by atomic mass is 35.5. The number of non-ortho nitro benzene ring substituents is 1. The molecule has 2 amide bonds. The van der Waals surface area contributed by atoms with E-state index < -0.39 is 23.0 Å². The second kappa shape index (κ2) is 7.20. The minimum absolute atomic E-state index is 0.102. The summed E-state index contributed by atoms with van der Waals surface area (Å²) in [4.78, 5) is 22.3. The van der Waals surface area contributed by atoms with Gasteiger partial charge >= 0.3 is 18.1 Å². The fourth-order valence-corrected chi connectivity index (χ4v) is 2.58. The molecule has 3 rings (SSSR count). The zero-order valence-corrected chi connectivity index (χ0v) is 15.1. The molecule has 0 aromatic heterocycles. The van der Waals surface area contributed by atoms with Gasteiger partial charge in [0.25, 0.3) is 5.69 Å². The molecule has 1 heterocycles. The molecule has 2 aromatic carbocycles. The number of rotatable bonds is 4. The van der Waals surface area contributed by atoms with Crippen LogP contribution in [-0.4, -0.2) is 30.2 Å². The molecule has 0 spiro atoms. The summed E-state index contributed by atoms with van der Waals surface area (Å²) in [5.74, 6) is -4.24. The van der Waals surface area contributed by atoms with Crippen molar-refractivity contribution in [2.75, 3.05) is 12.4 Å². The van der Waals surface area contributed by atoms with Crippen LogP contribution in [0.5, 0.6) is 17.2 Å². The summed E-state index contributed by atoms with van der Waals surface area (Å²) in [6.45, 7) is 0. The number of nitrogens with one attached hydrogen (secondary N) is 2. The summed E-state index contributed by atoms with van der Waals surface area (Å²) in [6.07, 6.45) is -5.17. The Morgan fingerprint density at radius 1 is 1.21 bits per heavy atom. The zero-order valence-electron chi connectivity index (χ0n) is 14.4. The summed E-state index contributed by atoms with van der Waals surface area (Å²) in [6, 6.07) is 5.31. The van der Waals surface area contributed by atoms with Gasteiger partial charge in [-0.15, -0.1) is 0 Å². The number of urea groups is 1. The van der Waals surface area contributed by atoms with Gasteiger partial charge in [0.05, 0.1) is 23.8 Å². The quantitative estimate of drug-likeness (QED) is 0.555. The standard InChI is InChI=1S/C16H11ClF3N3O6/c1-27-12-7-9(23(25)26)3-4-10(12)21-14(24)22-16(15(18,19)20)28-11-5-2-8(17)6-13(11)29-16/h2-7H,1H3,(H2,21,22,24). The number of methoxy groups -OCH3 is 1. The lowest BCUT2D eigenvalue weighted by molar-refractivity contribution is -0.384. The zero-order chi connectivity index (χ0) is 21.4. The molecule has 1 aliphatic rings. The third-order valence-corrected chi connectivity index (χ3v) is 3.94. The van der Waals surface area contributed by atoms with E-state index in [4.69, 9.17) is 25.8 Å². The van der Waals surface area contributed by atoms with Crippen LogP contribution in [0.25, 0.3) is 0 Å². The number of fused-ring (bicyclic) bond motifs is 1. The molecule has 29 heavy (non-hydrogen) atoms. The summed E-state index contributed by atoms with van der Waals surface area (Å²) in [5, 5.41) is 14.6. The van der Waals surface area contributed by atoms with E-state index in [1.165, 1.54) is 13.2 Å². The molecule has 0 saturated carbocycles. The van der Waals surface area contributed by atoms with Crippen molar-refractivity contribution in [3.8, 4) is 17.2 Å². The topological polar surface area (TPSA) is 112 Å². The maximum absolute atomic E-state index is 13.6. The number of nitro benzene ring substituents is 1. The highest BCUT2D eigenvalue weighted by molar-refractivity contribution is 6.30. The Hall–Kier alpha value is -3.41. The number of nitrogens with zero attached hydrogens (tertiary/aromatic N) is 1. The number of ether oxygens (including phenoxy) is 3. The van der Waals surface area contributed by atoms with E-state index in [9.17, 15) is 28.1 Å². The number of halogens is 4. The van der Waals surface area contributed by atoms with Gasteiger partial charge in [-0.3, -0.25) is 15.4 Å². The van der Waals surface area contributed by atoms with Crippen LogP contribution in [0.3, 0.4) is 0 Å². The Morgan fingerprint density at radius 2 is 1.90 bits per heavy atom. The van der Waals surface area contributed by atoms with E-state index in [2.05, 4.69) is 5.32 Å². The molecule has 13 heteroatoms. The van der Waals surface area contributed by atoms with E-state index in [0.29, 0.717) is 0 Å². The van der Waals surface area contributed by atoms with Crippen LogP contribution in [-0.2, 0) is 0 Å². The summed E-state index contributed by atoms with van der Waals surface area (Å²) in [7, 11) is 1.17. The first-order valence-electron chi connectivity index (χ1n) is 7.70. The second-order valence-corrected chi connectivity index (χ2v) is 6.07. The van der Waals surface area contributed by atoms with Gasteiger partial charge in [-0.1, -0.05) is 11.6 Å². The monoisotopic (exact) mass is 433 g/mol. The van der Waals surface area contributed by atoms with Crippen LogP contribution in [0.1, 0.15) is 0 Å². The Morgan fingerprint density at radius 3 is 2.52 bits per heavy atom. The molecule has 2 N–H and O–H groups in total. The van der Waals surface area contributed by atoms with Crippen molar-refractivity contribution in [1.29, 1.82) is 0 Å². The molecule has 0 aliphatic carbocycles. The maximum atomic E-state index is 13.6. The normalized spacial score (nSPS) is 17.6. The Labute approximate surface area is 165 Å². The van der Waals surface area contributed by atoms with Gasteiger partial charge < -0.3 is 19.5 Å². The smallest absolute Gasteiger partial charge is 0.492 e. The predicted molar refractivity (Wildman–Crippen MR) is 93.3 cm³/mol. The van der Waals surface area contributed by atoms with Gasteiger partial charge in [0.1, 0.15) is 5.75 Å². The van der Waals surface area contributed by atoms with E-state index in [1.807, 2.05) is 0 Å². The molecule has 0 bridgehead atoms. The van der Waals surface area contributed by atoms with E-state index >= 15 is 0 Å². The molecule has 1 unspecified atom stereocenters. The lowest BCUT2D eigenvalue weighted by Gasteiger charge is -2.29. The number of alkyl halides is 3. The Bertz CT molecular complexity index is 987. The largest absolute Gasteiger partial charge is 0.494 e.